The molecule has 0 bridgehead atoms. The Labute approximate surface area is 145 Å². The van der Waals surface area contributed by atoms with Gasteiger partial charge >= 0.3 is 5.97 Å². The highest BCUT2D eigenvalue weighted by Crippen LogP contribution is 2.48. The number of esters is 1. The average molecular weight is 401 g/mol. The van der Waals surface area contributed by atoms with Gasteiger partial charge in [-0.3, -0.25) is 4.79 Å². The van der Waals surface area contributed by atoms with Crippen LogP contribution in [0.15, 0.2) is 35.2 Å². The van der Waals surface area contributed by atoms with Crippen molar-refractivity contribution in [1.29, 1.82) is 0 Å². The summed E-state index contributed by atoms with van der Waals surface area (Å²) in [4.78, 5) is 12.7. The van der Waals surface area contributed by atoms with Crippen molar-refractivity contribution in [2.75, 3.05) is 11.1 Å². The van der Waals surface area contributed by atoms with E-state index in [-0.39, 0.29) is 22.5 Å². The molecular weight excluding hydrogens is 380 g/mol. The summed E-state index contributed by atoms with van der Waals surface area (Å²) >= 11 is 3.49. The summed E-state index contributed by atoms with van der Waals surface area (Å²) in [5.41, 5.74) is -0.463. The molecule has 1 saturated heterocycles. The molecule has 1 saturated carbocycles. The van der Waals surface area contributed by atoms with Gasteiger partial charge in [0.25, 0.3) is 0 Å². The Bertz CT molecular complexity index is 665. The highest BCUT2D eigenvalue weighted by atomic mass is 79.9. The zero-order valence-corrected chi connectivity index (χ0v) is 15.3. The van der Waals surface area contributed by atoms with Gasteiger partial charge in [-0.25, -0.2) is 8.42 Å². The Hall–Kier alpha value is -0.880. The van der Waals surface area contributed by atoms with Crippen molar-refractivity contribution in [2.24, 2.45) is 11.8 Å². The van der Waals surface area contributed by atoms with Crippen LogP contribution in [0.2, 0.25) is 0 Å². The predicted molar refractivity (Wildman–Crippen MR) is 91.2 cm³/mol. The molecule has 126 valence electrons. The van der Waals surface area contributed by atoms with Gasteiger partial charge in [-0.05, 0) is 37.8 Å². The molecule has 4 nitrogen and oxygen atoms in total. The first-order chi connectivity index (χ1) is 11.0. The number of carbonyl (C=O) groups is 1. The lowest BCUT2D eigenvalue weighted by Gasteiger charge is -2.37. The van der Waals surface area contributed by atoms with Crippen LogP contribution >= 0.6 is 15.9 Å². The van der Waals surface area contributed by atoms with E-state index in [0.717, 1.165) is 32.1 Å². The fourth-order valence-corrected chi connectivity index (χ4v) is 6.55. The van der Waals surface area contributed by atoms with Crippen LogP contribution in [0.4, 0.5) is 0 Å². The molecule has 0 aromatic heterocycles. The summed E-state index contributed by atoms with van der Waals surface area (Å²) in [5, 5.41) is 0.591. The maximum atomic E-state index is 12.6. The first kappa shape index (κ1) is 17.0. The van der Waals surface area contributed by atoms with Gasteiger partial charge in [-0.2, -0.15) is 0 Å². The molecule has 0 amide bonds. The first-order valence-electron chi connectivity index (χ1n) is 8.05. The third-order valence-corrected chi connectivity index (χ3v) is 7.62. The summed E-state index contributed by atoms with van der Waals surface area (Å²) in [5.74, 6) is -1.18. The molecule has 0 unspecified atom stereocenters. The van der Waals surface area contributed by atoms with E-state index in [1.165, 1.54) is 0 Å². The molecule has 1 aliphatic carbocycles. The van der Waals surface area contributed by atoms with E-state index < -0.39 is 21.4 Å². The minimum atomic E-state index is -3.50. The van der Waals surface area contributed by atoms with E-state index in [1.807, 2.05) is 0 Å². The van der Waals surface area contributed by atoms with Gasteiger partial charge in [0.05, 0.1) is 16.6 Å². The molecule has 2 fully saturated rings. The van der Waals surface area contributed by atoms with Crippen molar-refractivity contribution in [3.05, 3.63) is 30.3 Å². The zero-order valence-electron chi connectivity index (χ0n) is 12.9. The van der Waals surface area contributed by atoms with E-state index in [9.17, 15) is 13.2 Å². The summed E-state index contributed by atoms with van der Waals surface area (Å²) in [6.07, 6.45) is 4.92. The van der Waals surface area contributed by atoms with Crippen LogP contribution in [-0.4, -0.2) is 31.1 Å². The van der Waals surface area contributed by atoms with E-state index in [0.29, 0.717) is 5.33 Å². The molecule has 0 radical (unpaired) electrons. The van der Waals surface area contributed by atoms with Gasteiger partial charge in [0.15, 0.2) is 9.84 Å². The van der Waals surface area contributed by atoms with Crippen molar-refractivity contribution >= 4 is 31.7 Å². The average Bonchev–Trinajstić information content (AvgIpc) is 2.79. The lowest BCUT2D eigenvalue weighted by molar-refractivity contribution is -0.153. The van der Waals surface area contributed by atoms with Gasteiger partial charge in [-0.15, -0.1) is 0 Å². The second-order valence-corrected chi connectivity index (χ2v) is 9.19. The Morgan fingerprint density at radius 2 is 1.78 bits per heavy atom. The van der Waals surface area contributed by atoms with Crippen molar-refractivity contribution in [1.82, 2.24) is 0 Å². The molecule has 23 heavy (non-hydrogen) atoms. The minimum Gasteiger partial charge on any atom is -0.458 e. The highest BCUT2D eigenvalue weighted by molar-refractivity contribution is 9.09. The lowest BCUT2D eigenvalue weighted by atomic mass is 9.74. The number of hydrogen-bond acceptors (Lipinski definition) is 4. The number of carbonyl (C=O) groups excluding carboxylic acids is 1. The number of rotatable bonds is 4. The van der Waals surface area contributed by atoms with Crippen molar-refractivity contribution in [3.63, 3.8) is 0 Å². The Kier molecular flexibility index (Phi) is 4.83. The molecule has 1 aromatic carbocycles. The standard InChI is InChI=1S/C17H21BrO4S/c18-11-15-14(12-23(20,21)13-7-3-1-4-8-13)16(19)22-17(15)9-5-2-6-10-17/h1,3-4,7-8,14-15H,2,5-6,9-12H2/t14-,15-/m1/s1. The molecular formula is C17H21BrO4S. The molecule has 1 aromatic rings. The van der Waals surface area contributed by atoms with E-state index in [4.69, 9.17) is 4.74 Å². The van der Waals surface area contributed by atoms with Gasteiger partial charge < -0.3 is 4.74 Å². The fraction of sp³-hybridized carbons (Fsp3) is 0.588. The van der Waals surface area contributed by atoms with Gasteiger partial charge in [0.1, 0.15) is 5.60 Å². The normalized spacial score (nSPS) is 27.1. The van der Waals surface area contributed by atoms with Gasteiger partial charge in [0.2, 0.25) is 0 Å². The Morgan fingerprint density at radius 1 is 1.13 bits per heavy atom. The number of hydrogen-bond donors (Lipinski definition) is 0. The van der Waals surface area contributed by atoms with E-state index in [1.54, 1.807) is 30.3 Å². The fourth-order valence-electron chi connectivity index (χ4n) is 3.90. The minimum absolute atomic E-state index is 0.0752. The number of halogens is 1. The zero-order chi connectivity index (χ0) is 16.5. The third kappa shape index (κ3) is 3.20. The molecule has 1 heterocycles. The van der Waals surface area contributed by atoms with Crippen LogP contribution in [0.25, 0.3) is 0 Å². The van der Waals surface area contributed by atoms with Crippen LogP contribution in [0.3, 0.4) is 0 Å². The lowest BCUT2D eigenvalue weighted by Crippen LogP contribution is -2.41. The molecule has 1 aliphatic heterocycles. The number of sulfone groups is 1. The number of alkyl halides is 1. The quantitative estimate of drug-likeness (QED) is 0.574. The maximum absolute atomic E-state index is 12.6. The summed E-state index contributed by atoms with van der Waals surface area (Å²) in [6.45, 7) is 0. The van der Waals surface area contributed by atoms with Crippen LogP contribution in [0, 0.1) is 11.8 Å². The number of benzene rings is 1. The number of ether oxygens (including phenoxy) is 1. The summed E-state index contributed by atoms with van der Waals surface area (Å²) < 4.78 is 31.0. The topological polar surface area (TPSA) is 60.4 Å². The molecule has 3 rings (SSSR count). The predicted octanol–water partition coefficient (Wildman–Crippen LogP) is 3.35. The SMILES string of the molecule is O=C1OC2(CCCCC2)[C@H](CBr)[C@H]1CS(=O)(=O)c1ccccc1. The molecule has 6 heteroatoms. The van der Waals surface area contributed by atoms with Gasteiger partial charge in [-0.1, -0.05) is 40.5 Å². The summed E-state index contributed by atoms with van der Waals surface area (Å²) in [7, 11) is -3.50. The van der Waals surface area contributed by atoms with Gasteiger partial charge in [0, 0.05) is 11.2 Å². The van der Waals surface area contributed by atoms with E-state index >= 15 is 0 Å². The van der Waals surface area contributed by atoms with Crippen LogP contribution in [0.5, 0.6) is 0 Å². The first-order valence-corrected chi connectivity index (χ1v) is 10.8. The second kappa shape index (κ2) is 6.55. The van der Waals surface area contributed by atoms with E-state index in [2.05, 4.69) is 15.9 Å². The molecule has 2 aliphatic rings. The largest absolute Gasteiger partial charge is 0.458 e. The highest BCUT2D eigenvalue weighted by Gasteiger charge is 2.55. The smallest absolute Gasteiger partial charge is 0.311 e. The van der Waals surface area contributed by atoms with Crippen LogP contribution in [0.1, 0.15) is 32.1 Å². The monoisotopic (exact) mass is 400 g/mol. The van der Waals surface area contributed by atoms with Crippen molar-refractivity contribution in [2.45, 2.75) is 42.6 Å². The summed E-state index contributed by atoms with van der Waals surface area (Å²) in [6, 6.07) is 8.33. The second-order valence-electron chi connectivity index (χ2n) is 6.51. The Balaban J connectivity index is 1.86. The maximum Gasteiger partial charge on any atom is 0.311 e. The van der Waals surface area contributed by atoms with Crippen molar-refractivity contribution in [3.8, 4) is 0 Å². The molecule has 0 N–H and O–H groups in total. The van der Waals surface area contributed by atoms with Crippen molar-refractivity contribution < 1.29 is 17.9 Å². The third-order valence-electron chi connectivity index (χ3n) is 5.14. The Morgan fingerprint density at radius 3 is 2.39 bits per heavy atom. The van der Waals surface area contributed by atoms with Crippen LogP contribution in [-0.2, 0) is 19.4 Å². The van der Waals surface area contributed by atoms with Crippen LogP contribution < -0.4 is 0 Å². The molecule has 1 spiro atoms. The molecule has 2 atom stereocenters.